The first-order chi connectivity index (χ1) is 55.7. The standard InChI is InChI=1S/C56H98O56S7/c1-78-36-29-22(15-92-113(57,58)59)99-50(43(36)85-8)107-30-23(16-93-114(60,61)62)101-52(45(87-10)37(30)79-2)109-32-25(18-95-116(66,67)68)103-54(47(89-12)39(32)81-4)111-34-27(20-97-118(72,73)74)105-56(49(91-14)41(34)83-6)112-35-28(21-98-119(75,76)77)104-55(48(90-13)42(35)84-7)110-33-26(19-96-117(69,70)71)102-53(46(88-11)40(33)82-5)108-31-24(17-94-115(63,64)65)100-51(106-29)44(86-9)38(31)80-3/h22-56H,15-21H2,1-14H3,(H,57,58,59)(H,60,61,62)(H,63,64,65)(H,66,67,68)(H,69,70,71)(H,72,73,74)(H,75,76,77)/t22-,23-,24-,25-,26-,27-,28-,29-,30-,31-,32-,33-,34-,35-,36-,37+,38+,39+,40+,41+,42+,43-,44-,45-,46+,47-,48-,49-,50-,51-,52?,53-,54-,55-,56-/m0/s1. The molecule has 119 heavy (non-hydrogen) atoms. The maximum atomic E-state index is 12.5. The summed E-state index contributed by atoms with van der Waals surface area (Å²) in [6.45, 7) is -9.08. The Morgan fingerprint density at radius 2 is 0.261 bits per heavy atom. The summed E-state index contributed by atoms with van der Waals surface area (Å²) in [4.78, 5) is 0. The van der Waals surface area contributed by atoms with E-state index in [4.69, 9.17) is 162 Å². The van der Waals surface area contributed by atoms with E-state index in [1.165, 1.54) is 0 Å². The molecule has 0 radical (unpaired) electrons. The minimum Gasteiger partial charge on any atom is -0.376 e. The molecular weight excluding hydrogens is 1790 g/mol. The van der Waals surface area contributed by atoms with Crippen molar-refractivity contribution in [1.82, 2.24) is 0 Å². The van der Waals surface area contributed by atoms with E-state index in [-0.39, 0.29) is 0 Å². The lowest BCUT2D eigenvalue weighted by molar-refractivity contribution is -0.401. The SMILES string of the molecule is CO[C@@H]1[C@H](OC)[C@@H]2O[C@@H]3[C@@H](OC)[C@H](OC)C(O[C@@H]4[C@@H](OC)[C@H](OC)[C@H](O[C@@H]5[C@@H](OC)[C@H](OC)[C@H](O[C@@H]6[C@@H](OC)[C@H](OC)[C@H](O[C@@H]7[C@@H](OC)[C@@H](OC)[C@H](O[C@@H]8[C@@H](OC)[C@H](OC)[C@H](O[C@H]1[C@H](COS(=O)(=O)O)O2)O[C@H]8COS(=O)(=O)O)O[C@H]7COS(=O)(=O)O)O[C@H]6COS(=O)(=O)O)O[C@H]5COS(=O)(=O)O)O[C@H]4COS(=O)(=O)O)O[C@H]3COS(=O)(=O)O. The van der Waals surface area contributed by atoms with Gasteiger partial charge in [-0.2, -0.15) is 58.9 Å². The third kappa shape index (κ3) is 27.1. The molecule has 0 saturated carbocycles. The number of rotatable bonds is 35. The van der Waals surface area contributed by atoms with Gasteiger partial charge in [-0.25, -0.2) is 29.3 Å². The molecule has 63 heteroatoms. The van der Waals surface area contributed by atoms with Crippen molar-refractivity contribution >= 4 is 72.8 Å². The Bertz CT molecular complexity index is 3280. The van der Waals surface area contributed by atoms with E-state index in [1.54, 1.807) is 0 Å². The third-order valence-electron chi connectivity index (χ3n) is 19.7. The molecule has 0 aromatic rings. The molecule has 0 aliphatic carbocycles. The average molecular weight is 1890 g/mol. The average Bonchev–Trinajstić information content (AvgIpc) is 0.798. The lowest BCUT2D eigenvalue weighted by Gasteiger charge is -2.52. The number of ether oxygens (including phenoxy) is 28. The normalized spacial score (nSPS) is 41.0. The molecule has 7 N–H and O–H groups in total. The van der Waals surface area contributed by atoms with Gasteiger partial charge in [-0.3, -0.25) is 31.9 Å². The van der Waals surface area contributed by atoms with Crippen molar-refractivity contribution in [2.75, 3.05) is 146 Å². The van der Waals surface area contributed by atoms with Crippen LogP contribution in [0.5, 0.6) is 0 Å². The molecule has 0 amide bonds. The molecule has 1 unspecified atom stereocenters. The molecule has 35 atom stereocenters. The number of methoxy groups -OCH3 is 14. The first kappa shape index (κ1) is 102. The van der Waals surface area contributed by atoms with Gasteiger partial charge in [0.2, 0.25) is 0 Å². The largest absolute Gasteiger partial charge is 0.397 e. The van der Waals surface area contributed by atoms with Crippen molar-refractivity contribution in [1.29, 1.82) is 0 Å². The van der Waals surface area contributed by atoms with Gasteiger partial charge >= 0.3 is 72.8 Å². The molecule has 0 aromatic heterocycles. The number of hydrogen-bond donors (Lipinski definition) is 7. The van der Waals surface area contributed by atoms with Crippen LogP contribution in [-0.4, -0.2) is 452 Å². The van der Waals surface area contributed by atoms with E-state index in [0.29, 0.717) is 0 Å². The van der Waals surface area contributed by atoms with Crippen LogP contribution < -0.4 is 0 Å². The van der Waals surface area contributed by atoms with Crippen molar-refractivity contribution < 1.29 is 253 Å². The smallest absolute Gasteiger partial charge is 0.376 e. The van der Waals surface area contributed by atoms with Crippen LogP contribution in [-0.2, 0) is 235 Å². The van der Waals surface area contributed by atoms with Gasteiger partial charge in [0.1, 0.15) is 171 Å². The Balaban J connectivity index is 1.35. The van der Waals surface area contributed by atoms with Gasteiger partial charge < -0.3 is 133 Å². The lowest BCUT2D eigenvalue weighted by Crippen LogP contribution is -2.69. The van der Waals surface area contributed by atoms with E-state index >= 15 is 0 Å². The van der Waals surface area contributed by atoms with Crippen LogP contribution in [0.15, 0.2) is 0 Å². The zero-order valence-electron chi connectivity index (χ0n) is 65.1. The molecule has 21 saturated heterocycles. The highest BCUT2D eigenvalue weighted by atomic mass is 32.3. The fourth-order valence-corrected chi connectivity index (χ4v) is 16.9. The van der Waals surface area contributed by atoms with Crippen LogP contribution in [0.4, 0.5) is 0 Å². The molecule has 700 valence electrons. The fourth-order valence-electron chi connectivity index (χ4n) is 14.8. The van der Waals surface area contributed by atoms with Crippen molar-refractivity contribution in [3.8, 4) is 0 Å². The number of hydrogen-bond acceptors (Lipinski definition) is 49. The van der Waals surface area contributed by atoms with Crippen molar-refractivity contribution in [3.05, 3.63) is 0 Å². The maximum Gasteiger partial charge on any atom is 0.397 e. The van der Waals surface area contributed by atoms with Gasteiger partial charge in [0, 0.05) is 99.5 Å². The summed E-state index contributed by atoms with van der Waals surface area (Å²) in [6.07, 6.45) is -66.4. The molecule has 0 aromatic carbocycles. The molecule has 21 heterocycles. The summed E-state index contributed by atoms with van der Waals surface area (Å²) in [5, 5.41) is 0. The topological polar surface area (TPSA) is 704 Å². The minimum atomic E-state index is -5.50. The van der Waals surface area contributed by atoms with Gasteiger partial charge in [-0.15, -0.1) is 0 Å². The molecule has 14 bridgehead atoms. The Hall–Kier alpha value is -2.03. The second kappa shape index (κ2) is 43.9. The summed E-state index contributed by atoms with van der Waals surface area (Å²) in [5.41, 5.74) is 0. The molecule has 56 nitrogen and oxygen atoms in total. The van der Waals surface area contributed by atoms with E-state index in [1.807, 2.05) is 0 Å². The molecule has 0 spiro atoms. The summed E-state index contributed by atoms with van der Waals surface area (Å²) in [5.74, 6) is 0. The van der Waals surface area contributed by atoms with Crippen molar-refractivity contribution in [3.63, 3.8) is 0 Å². The lowest BCUT2D eigenvalue weighted by atomic mass is 9.94. The van der Waals surface area contributed by atoms with E-state index in [9.17, 15) is 90.8 Å². The van der Waals surface area contributed by atoms with E-state index in [2.05, 4.69) is 0 Å². The van der Waals surface area contributed by atoms with Crippen LogP contribution in [0.2, 0.25) is 0 Å². The Morgan fingerprint density at radius 1 is 0.168 bits per heavy atom. The fraction of sp³-hybridized carbons (Fsp3) is 1.00. The van der Waals surface area contributed by atoms with Crippen LogP contribution in [0, 0.1) is 0 Å². The maximum absolute atomic E-state index is 12.5. The summed E-state index contributed by atoms with van der Waals surface area (Å²) in [6, 6.07) is 0. The highest BCUT2D eigenvalue weighted by molar-refractivity contribution is 7.82. The zero-order chi connectivity index (χ0) is 88.4. The van der Waals surface area contributed by atoms with Gasteiger partial charge in [0.05, 0.1) is 46.2 Å². The summed E-state index contributed by atoms with van der Waals surface area (Å²) >= 11 is 0. The minimum absolute atomic E-state index is 1.04. The van der Waals surface area contributed by atoms with Gasteiger partial charge in [-0.1, -0.05) is 0 Å². The Kier molecular flexibility index (Phi) is 37.7. The van der Waals surface area contributed by atoms with Crippen molar-refractivity contribution in [2.24, 2.45) is 0 Å². The highest BCUT2D eigenvalue weighted by Crippen LogP contribution is 2.44. The second-order valence-electron chi connectivity index (χ2n) is 26.3. The van der Waals surface area contributed by atoms with E-state index in [0.717, 1.165) is 99.5 Å². The van der Waals surface area contributed by atoms with Crippen LogP contribution in [0.25, 0.3) is 0 Å². The van der Waals surface area contributed by atoms with Crippen molar-refractivity contribution in [2.45, 2.75) is 215 Å². The Morgan fingerprint density at radius 3 is 0.336 bits per heavy atom. The van der Waals surface area contributed by atoms with E-state index < -0.39 is 334 Å². The third-order valence-corrected chi connectivity index (χ3v) is 22.7. The Labute approximate surface area is 683 Å². The molecule has 21 fully saturated rings. The first-order valence-electron chi connectivity index (χ1n) is 34.6. The van der Waals surface area contributed by atoms with Crippen LogP contribution in [0.3, 0.4) is 0 Å². The summed E-state index contributed by atoms with van der Waals surface area (Å²) < 4.78 is 453. The first-order valence-corrected chi connectivity index (χ1v) is 44.2. The highest BCUT2D eigenvalue weighted by Gasteiger charge is 2.63. The molecule has 21 rings (SSSR count). The van der Waals surface area contributed by atoms with Gasteiger partial charge in [0.15, 0.2) is 44.0 Å². The monoisotopic (exact) mass is 1890 g/mol. The van der Waals surface area contributed by atoms with Crippen LogP contribution >= 0.6 is 0 Å². The molecule has 21 aliphatic heterocycles. The quantitative estimate of drug-likeness (QED) is 0.0290. The van der Waals surface area contributed by atoms with Gasteiger partial charge in [0.25, 0.3) is 0 Å². The molecular formula is C56H98O56S7. The van der Waals surface area contributed by atoms with Gasteiger partial charge in [-0.05, 0) is 0 Å². The predicted octanol–water partition coefficient (Wildman–Crippen LogP) is -7.28. The zero-order valence-corrected chi connectivity index (χ0v) is 70.9. The molecule has 21 aliphatic rings. The van der Waals surface area contributed by atoms with Crippen LogP contribution in [0.1, 0.15) is 0 Å². The predicted molar refractivity (Wildman–Crippen MR) is 368 cm³/mol. The second-order valence-corrected chi connectivity index (χ2v) is 33.9. The summed E-state index contributed by atoms with van der Waals surface area (Å²) in [7, 11) is -23.9.